The van der Waals surface area contributed by atoms with Crippen molar-refractivity contribution in [2.45, 2.75) is 25.8 Å². The second-order valence-electron chi connectivity index (χ2n) is 8.90. The van der Waals surface area contributed by atoms with Crippen LogP contribution in [0.1, 0.15) is 36.9 Å². The molecule has 200 valence electrons. The van der Waals surface area contributed by atoms with Crippen molar-refractivity contribution in [2.75, 3.05) is 18.6 Å². The molecule has 0 spiro atoms. The number of rotatable bonds is 8. The molecule has 1 aromatic heterocycles. The van der Waals surface area contributed by atoms with E-state index in [1.54, 1.807) is 42.5 Å². The number of nitrogens with zero attached hydrogens (tertiary/aromatic N) is 2. The van der Waals surface area contributed by atoms with Gasteiger partial charge in [-0.25, -0.2) is 9.37 Å². The van der Waals surface area contributed by atoms with Crippen LogP contribution >= 0.6 is 22.9 Å². The Bertz CT molecular complexity index is 1600. The van der Waals surface area contributed by atoms with Crippen molar-refractivity contribution < 1.29 is 28.6 Å². The van der Waals surface area contributed by atoms with E-state index in [-0.39, 0.29) is 16.5 Å². The summed E-state index contributed by atoms with van der Waals surface area (Å²) < 4.78 is 25.8. The van der Waals surface area contributed by atoms with Gasteiger partial charge >= 0.3 is 5.91 Å². The van der Waals surface area contributed by atoms with Crippen LogP contribution in [-0.2, 0) is 9.59 Å². The lowest BCUT2D eigenvalue weighted by molar-refractivity contribution is -0.132. The molecule has 4 aromatic rings. The molecule has 5 rings (SSSR count). The number of ketones is 1. The van der Waals surface area contributed by atoms with E-state index in [1.807, 2.05) is 0 Å². The van der Waals surface area contributed by atoms with E-state index in [4.69, 9.17) is 21.1 Å². The summed E-state index contributed by atoms with van der Waals surface area (Å²) in [6.45, 7) is 2.56. The Balaban J connectivity index is 1.68. The number of amides is 1. The number of hydrogen-bond donors (Lipinski definition) is 1. The van der Waals surface area contributed by atoms with Crippen molar-refractivity contribution in [2.24, 2.45) is 0 Å². The first-order valence-electron chi connectivity index (χ1n) is 12.3. The molecule has 2 heterocycles. The lowest BCUT2D eigenvalue weighted by Gasteiger charge is -2.24. The summed E-state index contributed by atoms with van der Waals surface area (Å²) in [6, 6.07) is 14.5. The normalized spacial score (nSPS) is 16.7. The fourth-order valence-corrected chi connectivity index (χ4v) is 5.54. The highest BCUT2D eigenvalue weighted by Gasteiger charge is 2.48. The molecular weight excluding hydrogens is 543 g/mol. The number of ether oxygens (including phenoxy) is 2. The SMILES string of the molecule is CCCCOc1ccc(C2/C(=C(\O)c3ccc(Cl)cc3)C(=O)C(=O)N2c2nc3ccc(F)cc3s2)cc1OC. The van der Waals surface area contributed by atoms with Crippen LogP contribution in [0.5, 0.6) is 11.5 Å². The first kappa shape index (κ1) is 26.6. The number of aromatic nitrogens is 1. The molecule has 1 amide bonds. The molecule has 39 heavy (non-hydrogen) atoms. The van der Waals surface area contributed by atoms with Crippen LogP contribution in [0.3, 0.4) is 0 Å². The molecule has 1 saturated heterocycles. The Labute approximate surface area is 233 Å². The molecular formula is C29H24ClFN2O5S. The Morgan fingerprint density at radius 3 is 2.59 bits per heavy atom. The number of Topliss-reactive ketones (excluding diaryl/α,β-unsaturated/α-hetero) is 1. The molecule has 1 unspecified atom stereocenters. The molecule has 0 aliphatic carbocycles. The lowest BCUT2D eigenvalue weighted by Crippen LogP contribution is -2.29. The number of thiazole rings is 1. The van der Waals surface area contributed by atoms with Crippen LogP contribution in [0, 0.1) is 5.82 Å². The number of aliphatic hydroxyl groups excluding tert-OH is 1. The van der Waals surface area contributed by atoms with Crippen molar-refractivity contribution in [3.05, 3.63) is 88.2 Å². The summed E-state index contributed by atoms with van der Waals surface area (Å²) in [4.78, 5) is 32.7. The fraction of sp³-hybridized carbons (Fsp3) is 0.207. The highest BCUT2D eigenvalue weighted by Crippen LogP contribution is 2.46. The molecule has 0 saturated carbocycles. The van der Waals surface area contributed by atoms with Gasteiger partial charge in [0.2, 0.25) is 0 Å². The van der Waals surface area contributed by atoms with Crippen molar-refractivity contribution >= 4 is 55.7 Å². The molecule has 3 aromatic carbocycles. The predicted octanol–water partition coefficient (Wildman–Crippen LogP) is 6.90. The Hall–Kier alpha value is -3.95. The first-order valence-corrected chi connectivity index (χ1v) is 13.5. The number of carbonyl (C=O) groups excluding carboxylic acids is 2. The third-order valence-electron chi connectivity index (χ3n) is 6.37. The molecule has 1 aliphatic heterocycles. The van der Waals surface area contributed by atoms with Crippen LogP contribution < -0.4 is 14.4 Å². The average molecular weight is 567 g/mol. The lowest BCUT2D eigenvalue weighted by atomic mass is 9.95. The molecule has 0 radical (unpaired) electrons. The van der Waals surface area contributed by atoms with Crippen molar-refractivity contribution in [3.8, 4) is 11.5 Å². The molecule has 7 nitrogen and oxygen atoms in total. The van der Waals surface area contributed by atoms with Gasteiger partial charge in [0.25, 0.3) is 5.78 Å². The number of carbonyl (C=O) groups is 2. The van der Waals surface area contributed by atoms with E-state index in [9.17, 15) is 19.1 Å². The molecule has 1 N–H and O–H groups in total. The number of hydrogen-bond acceptors (Lipinski definition) is 7. The van der Waals surface area contributed by atoms with Crippen LogP contribution in [0.2, 0.25) is 5.02 Å². The average Bonchev–Trinajstić information content (AvgIpc) is 3.46. The predicted molar refractivity (Wildman–Crippen MR) is 149 cm³/mol. The largest absolute Gasteiger partial charge is 0.507 e. The van der Waals surface area contributed by atoms with Gasteiger partial charge in [0, 0.05) is 10.6 Å². The summed E-state index contributed by atoms with van der Waals surface area (Å²) in [6.07, 6.45) is 1.83. The van der Waals surface area contributed by atoms with Gasteiger partial charge in [-0.05, 0) is 66.6 Å². The van der Waals surface area contributed by atoms with E-state index in [0.29, 0.717) is 44.5 Å². The van der Waals surface area contributed by atoms with Crippen molar-refractivity contribution in [3.63, 3.8) is 0 Å². The van der Waals surface area contributed by atoms with Gasteiger partial charge in [-0.3, -0.25) is 14.5 Å². The van der Waals surface area contributed by atoms with Gasteiger partial charge in [-0.1, -0.05) is 42.3 Å². The summed E-state index contributed by atoms with van der Waals surface area (Å²) in [5.74, 6) is -1.61. The minimum absolute atomic E-state index is 0.116. The van der Waals surface area contributed by atoms with Gasteiger partial charge in [-0.15, -0.1) is 0 Å². The Morgan fingerprint density at radius 2 is 1.87 bits per heavy atom. The molecule has 1 aliphatic rings. The third kappa shape index (κ3) is 5.07. The second-order valence-corrected chi connectivity index (χ2v) is 10.3. The van der Waals surface area contributed by atoms with E-state index < -0.39 is 23.5 Å². The molecule has 1 atom stereocenters. The Morgan fingerprint density at radius 1 is 1.10 bits per heavy atom. The topological polar surface area (TPSA) is 89.0 Å². The summed E-state index contributed by atoms with van der Waals surface area (Å²) >= 11 is 7.09. The van der Waals surface area contributed by atoms with Crippen molar-refractivity contribution in [1.29, 1.82) is 0 Å². The smallest absolute Gasteiger partial charge is 0.301 e. The summed E-state index contributed by atoms with van der Waals surface area (Å²) in [5.41, 5.74) is 1.18. The van der Waals surface area contributed by atoms with E-state index in [2.05, 4.69) is 11.9 Å². The highest BCUT2D eigenvalue weighted by atomic mass is 35.5. The minimum Gasteiger partial charge on any atom is -0.507 e. The number of anilines is 1. The van der Waals surface area contributed by atoms with E-state index in [0.717, 1.165) is 24.2 Å². The zero-order chi connectivity index (χ0) is 27.7. The highest BCUT2D eigenvalue weighted by molar-refractivity contribution is 7.22. The summed E-state index contributed by atoms with van der Waals surface area (Å²) in [7, 11) is 1.50. The third-order valence-corrected chi connectivity index (χ3v) is 7.64. The standard InChI is InChI=1S/C29H24ClFN2O5S/c1-3-4-13-38-21-12-7-17(14-22(21)37-2)25-24(26(34)16-5-8-18(30)9-6-16)27(35)28(36)33(25)29-32-20-11-10-19(31)15-23(20)39-29/h5-12,14-15,25,34H,3-4,13H2,1-2H3/b26-24+. The maximum Gasteiger partial charge on any atom is 0.301 e. The maximum absolute atomic E-state index is 13.9. The number of aliphatic hydroxyl groups is 1. The number of benzene rings is 3. The van der Waals surface area contributed by atoms with Gasteiger partial charge in [0.1, 0.15) is 11.6 Å². The van der Waals surface area contributed by atoms with Gasteiger partial charge in [0.05, 0.1) is 35.5 Å². The summed E-state index contributed by atoms with van der Waals surface area (Å²) in [5, 5.41) is 12.0. The zero-order valence-corrected chi connectivity index (χ0v) is 22.7. The van der Waals surface area contributed by atoms with Gasteiger partial charge in [-0.2, -0.15) is 0 Å². The van der Waals surface area contributed by atoms with E-state index in [1.165, 1.54) is 30.2 Å². The van der Waals surface area contributed by atoms with Crippen LogP contribution in [0.25, 0.3) is 16.0 Å². The number of unbranched alkanes of at least 4 members (excludes halogenated alkanes) is 1. The van der Waals surface area contributed by atoms with Gasteiger partial charge < -0.3 is 14.6 Å². The maximum atomic E-state index is 13.9. The molecule has 10 heteroatoms. The van der Waals surface area contributed by atoms with E-state index >= 15 is 0 Å². The second kappa shape index (κ2) is 11.0. The Kier molecular flexibility index (Phi) is 7.54. The number of halogens is 2. The number of fused-ring (bicyclic) bond motifs is 1. The quantitative estimate of drug-likeness (QED) is 0.108. The monoisotopic (exact) mass is 566 g/mol. The minimum atomic E-state index is -1.04. The zero-order valence-electron chi connectivity index (χ0n) is 21.1. The molecule has 0 bridgehead atoms. The van der Waals surface area contributed by atoms with Gasteiger partial charge in [0.15, 0.2) is 16.6 Å². The molecule has 1 fully saturated rings. The first-order chi connectivity index (χ1) is 18.8. The van der Waals surface area contributed by atoms with Crippen LogP contribution in [-0.4, -0.2) is 35.5 Å². The van der Waals surface area contributed by atoms with Crippen LogP contribution in [0.15, 0.2) is 66.2 Å². The fourth-order valence-electron chi connectivity index (χ4n) is 4.40. The van der Waals surface area contributed by atoms with Crippen molar-refractivity contribution in [1.82, 2.24) is 4.98 Å². The van der Waals surface area contributed by atoms with Crippen LogP contribution in [0.4, 0.5) is 9.52 Å². The number of methoxy groups -OCH3 is 1.